The molecule has 6 nitrogen and oxygen atoms in total. The van der Waals surface area contributed by atoms with E-state index >= 15 is 0 Å². The molecule has 4 rings (SSSR count). The fourth-order valence-corrected chi connectivity index (χ4v) is 3.84. The number of oxazole rings is 1. The number of carbonyl (C=O) groups is 1. The zero-order chi connectivity index (χ0) is 28.6. The molecule has 0 aliphatic heterocycles. The number of hydrogen-bond donors (Lipinski definition) is 0. The molecule has 0 bridgehead atoms. The number of benzene rings is 2. The zero-order valence-electron chi connectivity index (χ0n) is 24.5. The minimum absolute atomic E-state index is 0.00706. The molecule has 4 aromatic rings. The van der Waals surface area contributed by atoms with Crippen molar-refractivity contribution >= 4 is 33.5 Å². The lowest BCUT2D eigenvalue weighted by Gasteiger charge is -2.09. The molecule has 0 saturated heterocycles. The van der Waals surface area contributed by atoms with Crippen LogP contribution in [0.2, 0.25) is 0 Å². The lowest BCUT2D eigenvalue weighted by atomic mass is 10.1. The maximum Gasteiger partial charge on any atom is 0.373 e. The van der Waals surface area contributed by atoms with E-state index in [2.05, 4.69) is 4.98 Å². The highest BCUT2D eigenvalue weighted by Crippen LogP contribution is 2.34. The van der Waals surface area contributed by atoms with E-state index in [4.69, 9.17) is 28.2 Å². The van der Waals surface area contributed by atoms with Crippen LogP contribution in [0, 0.1) is 6.92 Å². The summed E-state index contributed by atoms with van der Waals surface area (Å²) in [6.45, 7) is -0.710. The van der Waals surface area contributed by atoms with E-state index in [0.29, 0.717) is 10.9 Å². The number of hydrogen-bond acceptors (Lipinski definition) is 7. The molecule has 0 unspecified atom stereocenters. The van der Waals surface area contributed by atoms with Crippen molar-refractivity contribution in [3.63, 3.8) is 0 Å². The van der Waals surface area contributed by atoms with Crippen LogP contribution in [0.25, 0.3) is 27.6 Å². The predicted octanol–water partition coefficient (Wildman–Crippen LogP) is 5.65. The van der Waals surface area contributed by atoms with Gasteiger partial charge in [-0.25, -0.2) is 9.78 Å². The Hall–Kier alpha value is -3.58. The summed E-state index contributed by atoms with van der Waals surface area (Å²) < 4.78 is 78.7. The van der Waals surface area contributed by atoms with Gasteiger partial charge in [-0.1, -0.05) is 18.1 Å². The highest BCUT2D eigenvalue weighted by atomic mass is 32.1. The van der Waals surface area contributed by atoms with Crippen LogP contribution in [0.5, 0.6) is 5.75 Å². The van der Waals surface area contributed by atoms with Crippen molar-refractivity contribution in [1.29, 1.82) is 0 Å². The van der Waals surface area contributed by atoms with Crippen molar-refractivity contribution in [3.05, 3.63) is 76.6 Å². The summed E-state index contributed by atoms with van der Waals surface area (Å²) in [4.78, 5) is 16.2. The number of thiophene rings is 1. The summed E-state index contributed by atoms with van der Waals surface area (Å²) in [5.41, 5.74) is 0.624. The molecule has 0 atom stereocenters. The Bertz CT molecular complexity index is 1580. The standard InChI is InChI=1S/C25H23NO5S/c1-16-20(26-24(31-16)17-7-5-4-6-8-17)11-13-30-21-10-9-18(23-19(21)12-14-32-23)15-22(28-2)25(27)29-3/h4-10,12,14-15H,11,13H2,1-3H3/b22-15-/i4D,5D,6D,7D,8D,13D2. The van der Waals surface area contributed by atoms with Gasteiger partial charge in [-0.3, -0.25) is 0 Å². The Kier molecular flexibility index (Phi) is 4.39. The second-order valence-corrected chi connectivity index (χ2v) is 7.38. The maximum absolute atomic E-state index is 11.9. The number of carbonyl (C=O) groups excluding carboxylic acids is 1. The van der Waals surface area contributed by atoms with Crippen LogP contribution in [0.1, 0.15) is 26.6 Å². The fraction of sp³-hybridized carbons (Fsp3) is 0.200. The first-order valence-electron chi connectivity index (χ1n) is 12.9. The number of aryl methyl sites for hydroxylation is 2. The highest BCUT2D eigenvalue weighted by Gasteiger charge is 2.14. The van der Waals surface area contributed by atoms with Gasteiger partial charge in [0.2, 0.25) is 11.6 Å². The molecular formula is C25H23NO5S. The van der Waals surface area contributed by atoms with E-state index in [1.165, 1.54) is 31.6 Å². The number of methoxy groups -OCH3 is 2. The van der Waals surface area contributed by atoms with Crippen LogP contribution in [-0.4, -0.2) is 31.7 Å². The molecule has 0 N–H and O–H groups in total. The van der Waals surface area contributed by atoms with Crippen LogP contribution in [0.4, 0.5) is 0 Å². The molecule has 0 radical (unpaired) electrons. The zero-order valence-corrected chi connectivity index (χ0v) is 18.3. The van der Waals surface area contributed by atoms with E-state index in [0.717, 1.165) is 4.70 Å². The van der Waals surface area contributed by atoms with Crippen LogP contribution < -0.4 is 4.74 Å². The molecule has 0 amide bonds. The molecule has 0 spiro atoms. The molecular weight excluding hydrogens is 426 g/mol. The summed E-state index contributed by atoms with van der Waals surface area (Å²) in [6, 6.07) is 2.50. The lowest BCUT2D eigenvalue weighted by Crippen LogP contribution is -2.06. The molecule has 2 aromatic carbocycles. The summed E-state index contributed by atoms with van der Waals surface area (Å²) >= 11 is 1.38. The first kappa shape index (κ1) is 14.5. The van der Waals surface area contributed by atoms with Gasteiger partial charge in [0.15, 0.2) is 0 Å². The average molecular weight is 457 g/mol. The topological polar surface area (TPSA) is 70.8 Å². The highest BCUT2D eigenvalue weighted by molar-refractivity contribution is 7.17. The SMILES string of the molecule is [2H]c1c([2H])c([2H])c(-c2nc(CC([2H])([2H])Oc3ccc(/C=C(\OC)C(=O)OC)c4sccc34)c(C)o2)c([2H])c1[2H]. The van der Waals surface area contributed by atoms with Crippen LogP contribution in [0.3, 0.4) is 0 Å². The third-order valence-electron chi connectivity index (χ3n) is 4.53. The molecule has 0 aliphatic rings. The van der Waals surface area contributed by atoms with E-state index in [1.54, 1.807) is 25.1 Å². The van der Waals surface area contributed by atoms with Crippen molar-refractivity contribution in [1.82, 2.24) is 4.98 Å². The fourth-order valence-electron chi connectivity index (χ4n) is 2.94. The van der Waals surface area contributed by atoms with E-state index in [-0.39, 0.29) is 40.8 Å². The normalized spacial score (nSPS) is 15.1. The first-order valence-corrected chi connectivity index (χ1v) is 10.3. The second kappa shape index (κ2) is 9.70. The minimum atomic E-state index is -2.26. The summed E-state index contributed by atoms with van der Waals surface area (Å²) in [7, 11) is 2.61. The monoisotopic (exact) mass is 456 g/mol. The van der Waals surface area contributed by atoms with E-state index in [1.807, 2.05) is 5.38 Å². The van der Waals surface area contributed by atoms with Crippen LogP contribution >= 0.6 is 11.3 Å². The number of rotatable bonds is 8. The first-order chi connectivity index (χ1) is 18.4. The van der Waals surface area contributed by atoms with Gasteiger partial charge in [-0.2, -0.15) is 0 Å². The molecule has 2 aromatic heterocycles. The van der Waals surface area contributed by atoms with Gasteiger partial charge in [0.1, 0.15) is 11.5 Å². The number of aromatic nitrogens is 1. The minimum Gasteiger partial charge on any atom is -0.493 e. The molecule has 7 heteroatoms. The van der Waals surface area contributed by atoms with Gasteiger partial charge < -0.3 is 18.6 Å². The maximum atomic E-state index is 11.9. The molecule has 0 aliphatic carbocycles. The van der Waals surface area contributed by atoms with Gasteiger partial charge >= 0.3 is 5.97 Å². The van der Waals surface area contributed by atoms with Crippen molar-refractivity contribution < 1.29 is 33.0 Å². The molecule has 0 saturated carbocycles. The summed E-state index contributed by atoms with van der Waals surface area (Å²) in [6.07, 6.45) is 1.19. The molecule has 2 heterocycles. The predicted molar refractivity (Wildman–Crippen MR) is 125 cm³/mol. The van der Waals surface area contributed by atoms with Crippen LogP contribution in [0.15, 0.2) is 64.0 Å². The Labute approximate surface area is 199 Å². The molecule has 164 valence electrons. The Balaban J connectivity index is 1.64. The van der Waals surface area contributed by atoms with Gasteiger partial charge in [-0.05, 0) is 54.2 Å². The lowest BCUT2D eigenvalue weighted by molar-refractivity contribution is -0.139. The van der Waals surface area contributed by atoms with Gasteiger partial charge in [0.25, 0.3) is 0 Å². The number of esters is 1. The van der Waals surface area contributed by atoms with Crippen molar-refractivity contribution in [3.8, 4) is 17.2 Å². The summed E-state index contributed by atoms with van der Waals surface area (Å²) in [5, 5.41) is 2.43. The van der Waals surface area contributed by atoms with Crippen LogP contribution in [-0.2, 0) is 20.7 Å². The van der Waals surface area contributed by atoms with Gasteiger partial charge in [-0.15, -0.1) is 11.3 Å². The quantitative estimate of drug-likeness (QED) is 0.194. The second-order valence-electron chi connectivity index (χ2n) is 6.47. The Morgan fingerprint density at radius 3 is 2.78 bits per heavy atom. The van der Waals surface area contributed by atoms with Gasteiger partial charge in [0, 0.05) is 22.1 Å². The third-order valence-corrected chi connectivity index (χ3v) is 5.49. The van der Waals surface area contributed by atoms with Crippen molar-refractivity contribution in [2.75, 3.05) is 20.8 Å². The summed E-state index contributed by atoms with van der Waals surface area (Å²) in [5.74, 6) is -0.346. The van der Waals surface area contributed by atoms with E-state index < -0.39 is 42.7 Å². The van der Waals surface area contributed by atoms with E-state index in [9.17, 15) is 4.79 Å². The van der Waals surface area contributed by atoms with Crippen molar-refractivity contribution in [2.24, 2.45) is 0 Å². The smallest absolute Gasteiger partial charge is 0.373 e. The van der Waals surface area contributed by atoms with Crippen molar-refractivity contribution in [2.45, 2.75) is 13.3 Å². The largest absolute Gasteiger partial charge is 0.493 e. The number of ether oxygens (including phenoxy) is 3. The number of fused-ring (bicyclic) bond motifs is 1. The third kappa shape index (κ3) is 4.53. The Morgan fingerprint density at radius 2 is 2.03 bits per heavy atom. The Morgan fingerprint density at radius 1 is 1.22 bits per heavy atom. The average Bonchev–Trinajstić information content (AvgIpc) is 3.52. The van der Waals surface area contributed by atoms with Gasteiger partial charge in [0.05, 0.1) is 36.1 Å². The molecule has 32 heavy (non-hydrogen) atoms. The number of nitrogens with zero attached hydrogens (tertiary/aromatic N) is 1. The molecule has 0 fully saturated rings.